The van der Waals surface area contributed by atoms with Crippen molar-refractivity contribution in [1.29, 1.82) is 0 Å². The van der Waals surface area contributed by atoms with Crippen LogP contribution in [-0.2, 0) is 25.8 Å². The van der Waals surface area contributed by atoms with Gasteiger partial charge in [0, 0.05) is 35.4 Å². The van der Waals surface area contributed by atoms with E-state index in [1.165, 1.54) is 11.1 Å². The number of hydrogen-bond acceptors (Lipinski definition) is 0. The molecule has 0 aromatic heterocycles. The minimum absolute atomic E-state index is 0. The van der Waals surface area contributed by atoms with Crippen LogP contribution in [0.25, 0.3) is 0 Å². The van der Waals surface area contributed by atoms with Gasteiger partial charge in [-0.05, 0) is 0 Å². The van der Waals surface area contributed by atoms with Gasteiger partial charge in [-0.15, -0.1) is 12.8 Å². The zero-order chi connectivity index (χ0) is 11.5. The van der Waals surface area contributed by atoms with Crippen LogP contribution in [0, 0.1) is 12.2 Å². The predicted molar refractivity (Wildman–Crippen MR) is 71.3 cm³/mol. The van der Waals surface area contributed by atoms with Crippen molar-refractivity contribution in [3.63, 3.8) is 0 Å². The first-order valence-electron chi connectivity index (χ1n) is 5.42. The van der Waals surface area contributed by atoms with Crippen molar-refractivity contribution in [2.75, 3.05) is 0 Å². The van der Waals surface area contributed by atoms with Crippen molar-refractivity contribution in [3.8, 4) is 0 Å². The largest absolute Gasteiger partial charge is 0.270 e. The molecule has 0 atom stereocenters. The van der Waals surface area contributed by atoms with Gasteiger partial charge in [0.15, 0.2) is 0 Å². The number of hydrogen-bond donors (Lipinski definition) is 0. The molecule has 0 fully saturated rings. The van der Waals surface area contributed by atoms with E-state index in [1.54, 1.807) is 0 Å². The minimum atomic E-state index is 0. The Balaban J connectivity index is 0. The van der Waals surface area contributed by atoms with E-state index in [-0.39, 0.29) is 25.8 Å². The van der Waals surface area contributed by atoms with E-state index in [1.807, 2.05) is 0 Å². The van der Waals surface area contributed by atoms with Crippen molar-refractivity contribution in [2.24, 2.45) is 0 Å². The van der Waals surface area contributed by atoms with Gasteiger partial charge in [-0.25, -0.2) is 23.3 Å². The zero-order valence-electron chi connectivity index (χ0n) is 10.8. The molecule has 0 saturated heterocycles. The van der Waals surface area contributed by atoms with E-state index in [2.05, 4.69) is 63.4 Å². The summed E-state index contributed by atoms with van der Waals surface area (Å²) >= 11 is 0. The van der Waals surface area contributed by atoms with Crippen molar-refractivity contribution >= 4 is 9.52 Å². The van der Waals surface area contributed by atoms with Gasteiger partial charge in [0.1, 0.15) is 0 Å². The predicted octanol–water partition coefficient (Wildman–Crippen LogP) is 3.91. The maximum atomic E-state index is 3.12. The SMILES string of the molecule is CC1=[C-]CC=C1.CC1=[C-]CC=C1.C[SiH]C.[Hf]. The molecule has 2 heteroatoms. The first-order chi connectivity index (χ1) is 7.20. The van der Waals surface area contributed by atoms with E-state index in [0.717, 1.165) is 22.4 Å². The molecule has 0 bridgehead atoms. The summed E-state index contributed by atoms with van der Waals surface area (Å²) in [4.78, 5) is 0. The van der Waals surface area contributed by atoms with E-state index < -0.39 is 0 Å². The second-order valence-corrected chi connectivity index (χ2v) is 4.66. The van der Waals surface area contributed by atoms with Crippen LogP contribution in [0.15, 0.2) is 35.5 Å². The summed E-state index contributed by atoms with van der Waals surface area (Å²) < 4.78 is 0. The van der Waals surface area contributed by atoms with E-state index >= 15 is 0 Å². The maximum absolute atomic E-state index is 3.12. The second-order valence-electron chi connectivity index (χ2n) is 3.51. The molecule has 87 valence electrons. The first kappa shape index (κ1) is 18.4. The molecule has 1 radical (unpaired) electrons. The van der Waals surface area contributed by atoms with Gasteiger partial charge in [0.2, 0.25) is 0 Å². The third-order valence-corrected chi connectivity index (χ3v) is 1.73. The molecule has 0 saturated carbocycles. The summed E-state index contributed by atoms with van der Waals surface area (Å²) in [6.07, 6.45) is 16.7. The normalized spacial score (nSPS) is 15.0. The average Bonchev–Trinajstić information content (AvgIpc) is 2.81. The molecule has 0 spiro atoms. The number of rotatable bonds is 0. The fourth-order valence-electron chi connectivity index (χ4n) is 1.03. The second kappa shape index (κ2) is 13.1. The average molecular weight is 396 g/mol. The standard InChI is InChI=1S/2C6H7.C2H7Si.Hf/c2*1-6-4-2-3-5-6;1-3-2;/h2*2,4H,3H2,1H3;3H,1-2H3;/q2*-1;;. The van der Waals surface area contributed by atoms with Crippen LogP contribution in [0.3, 0.4) is 0 Å². The molecule has 2 aliphatic carbocycles. The summed E-state index contributed by atoms with van der Waals surface area (Å²) in [6.45, 7) is 8.53. The third-order valence-electron chi connectivity index (χ3n) is 1.73. The van der Waals surface area contributed by atoms with Crippen LogP contribution >= 0.6 is 0 Å². The zero-order valence-corrected chi connectivity index (χ0v) is 15.5. The molecule has 0 amide bonds. The Hall–Kier alpha value is 0.0470. The van der Waals surface area contributed by atoms with Crippen molar-refractivity contribution in [3.05, 3.63) is 47.6 Å². The van der Waals surface area contributed by atoms with Gasteiger partial charge >= 0.3 is 0 Å². The van der Waals surface area contributed by atoms with Gasteiger partial charge in [-0.3, -0.25) is 12.2 Å². The van der Waals surface area contributed by atoms with Crippen molar-refractivity contribution in [2.45, 2.75) is 39.8 Å². The summed E-state index contributed by atoms with van der Waals surface area (Å²) in [5.74, 6) is 0. The Morgan fingerprint density at radius 3 is 1.31 bits per heavy atom. The molecule has 0 aliphatic heterocycles. The third kappa shape index (κ3) is 12.1. The molecule has 0 aromatic carbocycles. The van der Waals surface area contributed by atoms with Crippen molar-refractivity contribution in [1.82, 2.24) is 0 Å². The first-order valence-corrected chi connectivity index (χ1v) is 7.73. The fraction of sp³-hybridized carbons (Fsp3) is 0.429. The van der Waals surface area contributed by atoms with E-state index in [4.69, 9.17) is 0 Å². The summed E-state index contributed by atoms with van der Waals surface area (Å²) in [7, 11) is 0.750. The summed E-state index contributed by atoms with van der Waals surface area (Å²) in [5, 5.41) is 0. The summed E-state index contributed by atoms with van der Waals surface area (Å²) in [6, 6.07) is 0. The van der Waals surface area contributed by atoms with Gasteiger partial charge in [0.25, 0.3) is 0 Å². The monoisotopic (exact) mass is 397 g/mol. The minimum Gasteiger partial charge on any atom is -0.270 e. The topological polar surface area (TPSA) is 0 Å². The van der Waals surface area contributed by atoms with E-state index in [0.29, 0.717) is 0 Å². The fourth-order valence-corrected chi connectivity index (χ4v) is 1.03. The molecule has 0 unspecified atom stereocenters. The van der Waals surface area contributed by atoms with Gasteiger partial charge in [-0.1, -0.05) is 26.9 Å². The maximum Gasteiger partial charge on any atom is 0.0213 e. The van der Waals surface area contributed by atoms with Crippen molar-refractivity contribution < 1.29 is 25.8 Å². The van der Waals surface area contributed by atoms with Gasteiger partial charge in [-0.2, -0.15) is 12.2 Å². The molecule has 0 aromatic rings. The molecule has 16 heavy (non-hydrogen) atoms. The molecule has 2 rings (SSSR count). The van der Waals surface area contributed by atoms with Crippen LogP contribution in [0.5, 0.6) is 0 Å². The van der Waals surface area contributed by atoms with Crippen LogP contribution in [0.1, 0.15) is 26.7 Å². The number of allylic oxidation sites excluding steroid dienone is 8. The summed E-state index contributed by atoms with van der Waals surface area (Å²) in [5.41, 5.74) is 2.55. The van der Waals surface area contributed by atoms with Crippen LogP contribution < -0.4 is 0 Å². The quantitative estimate of drug-likeness (QED) is 0.431. The van der Waals surface area contributed by atoms with E-state index in [9.17, 15) is 0 Å². The Kier molecular flexibility index (Phi) is 15.1. The van der Waals surface area contributed by atoms with Crippen LogP contribution in [-0.4, -0.2) is 9.52 Å². The molecule has 0 nitrogen and oxygen atoms in total. The molecule has 0 heterocycles. The Bertz CT molecular complexity index is 239. The molecule has 0 N–H and O–H groups in total. The van der Waals surface area contributed by atoms with Crippen LogP contribution in [0.4, 0.5) is 0 Å². The molecule has 2 aliphatic rings. The van der Waals surface area contributed by atoms with Gasteiger partial charge in [0.05, 0.1) is 0 Å². The Morgan fingerprint density at radius 1 is 0.938 bits per heavy atom. The van der Waals surface area contributed by atoms with Crippen LogP contribution in [0.2, 0.25) is 13.1 Å². The Morgan fingerprint density at radius 2 is 1.25 bits per heavy atom. The van der Waals surface area contributed by atoms with Gasteiger partial charge < -0.3 is 0 Å². The molecular weight excluding hydrogens is 375 g/mol. The smallest absolute Gasteiger partial charge is 0.0213 e. The Labute approximate surface area is 122 Å². The molecular formula is C14H21HfSi-2.